The van der Waals surface area contributed by atoms with Gasteiger partial charge in [-0.3, -0.25) is 4.68 Å². The first-order valence-electron chi connectivity index (χ1n) is 5.74. The smallest absolute Gasteiger partial charge is 0.0522 e. The number of aromatic nitrogens is 2. The number of hydrogen-bond donors (Lipinski definition) is 1. The number of halogens is 1. The molecule has 0 aromatic carbocycles. The van der Waals surface area contributed by atoms with Crippen LogP contribution in [0.5, 0.6) is 0 Å². The molecule has 17 heavy (non-hydrogen) atoms. The molecule has 5 heteroatoms. The lowest BCUT2D eigenvalue weighted by atomic mass is 10.4. The van der Waals surface area contributed by atoms with Crippen molar-refractivity contribution in [2.75, 3.05) is 0 Å². The second kappa shape index (κ2) is 6.33. The van der Waals surface area contributed by atoms with Crippen molar-refractivity contribution < 1.29 is 0 Å². The fourth-order valence-electron chi connectivity index (χ4n) is 1.68. The highest BCUT2D eigenvalue weighted by Crippen LogP contribution is 2.19. The number of hydrogen-bond acceptors (Lipinski definition) is 3. The molecule has 0 aliphatic carbocycles. The van der Waals surface area contributed by atoms with E-state index in [0.717, 1.165) is 30.5 Å². The van der Waals surface area contributed by atoms with Crippen LogP contribution < -0.4 is 5.32 Å². The van der Waals surface area contributed by atoms with Crippen LogP contribution in [0.25, 0.3) is 0 Å². The van der Waals surface area contributed by atoms with Crippen molar-refractivity contribution in [3.63, 3.8) is 0 Å². The number of rotatable bonds is 6. The minimum absolute atomic E-state index is 0.871. The fraction of sp³-hybridized carbons (Fsp3) is 0.417. The van der Waals surface area contributed by atoms with E-state index >= 15 is 0 Å². The molecule has 92 valence electrons. The summed E-state index contributed by atoms with van der Waals surface area (Å²) in [4.78, 5) is 1.35. The standard InChI is InChI=1S/C12H16BrN3S/c1-2-5-16-11(3-4-15-16)7-14-8-12-6-10(13)9-17-12/h3-4,6,9,14H,2,5,7-8H2,1H3. The third-order valence-corrected chi connectivity index (χ3v) is 4.16. The Morgan fingerprint density at radius 3 is 3.06 bits per heavy atom. The predicted molar refractivity (Wildman–Crippen MR) is 75.1 cm³/mol. The van der Waals surface area contributed by atoms with Gasteiger partial charge in [-0.1, -0.05) is 6.92 Å². The van der Waals surface area contributed by atoms with E-state index < -0.39 is 0 Å². The number of nitrogens with one attached hydrogen (secondary N) is 1. The molecule has 0 bridgehead atoms. The van der Waals surface area contributed by atoms with Crippen molar-refractivity contribution >= 4 is 27.3 Å². The molecule has 1 N–H and O–H groups in total. The van der Waals surface area contributed by atoms with Gasteiger partial charge < -0.3 is 5.32 Å². The Hall–Kier alpha value is -0.650. The molecule has 0 saturated heterocycles. The first kappa shape index (κ1) is 12.8. The Labute approximate surface area is 114 Å². The molecule has 2 rings (SSSR count). The third-order valence-electron chi connectivity index (χ3n) is 2.47. The highest BCUT2D eigenvalue weighted by Gasteiger charge is 2.02. The van der Waals surface area contributed by atoms with E-state index in [1.54, 1.807) is 11.3 Å². The van der Waals surface area contributed by atoms with Crippen molar-refractivity contribution in [2.24, 2.45) is 0 Å². The first-order valence-corrected chi connectivity index (χ1v) is 7.41. The molecule has 2 heterocycles. The van der Waals surface area contributed by atoms with Gasteiger partial charge in [0.2, 0.25) is 0 Å². The van der Waals surface area contributed by atoms with Gasteiger partial charge in [0.15, 0.2) is 0 Å². The van der Waals surface area contributed by atoms with Crippen LogP contribution in [0.3, 0.4) is 0 Å². The van der Waals surface area contributed by atoms with Gasteiger partial charge in [-0.25, -0.2) is 0 Å². The van der Waals surface area contributed by atoms with Gasteiger partial charge in [-0.2, -0.15) is 5.10 Å². The van der Waals surface area contributed by atoms with Crippen LogP contribution in [0.15, 0.2) is 28.2 Å². The van der Waals surface area contributed by atoms with Crippen LogP contribution in [0.4, 0.5) is 0 Å². The molecule has 0 aliphatic heterocycles. The Morgan fingerprint density at radius 1 is 1.47 bits per heavy atom. The molecule has 0 atom stereocenters. The largest absolute Gasteiger partial charge is 0.306 e. The molecule has 0 unspecified atom stereocenters. The SMILES string of the molecule is CCCn1nccc1CNCc1cc(Br)cs1. The Bertz CT molecular complexity index is 464. The minimum atomic E-state index is 0.871. The van der Waals surface area contributed by atoms with E-state index in [0.29, 0.717) is 0 Å². The average molecular weight is 314 g/mol. The second-order valence-electron chi connectivity index (χ2n) is 3.88. The maximum atomic E-state index is 4.31. The van der Waals surface area contributed by atoms with Crippen molar-refractivity contribution in [2.45, 2.75) is 33.0 Å². The molecule has 2 aromatic heterocycles. The molecule has 0 fully saturated rings. The van der Waals surface area contributed by atoms with Crippen LogP contribution in [0, 0.1) is 0 Å². The zero-order valence-electron chi connectivity index (χ0n) is 9.82. The van der Waals surface area contributed by atoms with Gasteiger partial charge in [0.05, 0.1) is 5.69 Å². The lowest BCUT2D eigenvalue weighted by Crippen LogP contribution is -2.15. The van der Waals surface area contributed by atoms with Crippen molar-refractivity contribution in [1.82, 2.24) is 15.1 Å². The van der Waals surface area contributed by atoms with Crippen LogP contribution in [-0.2, 0) is 19.6 Å². The van der Waals surface area contributed by atoms with E-state index in [4.69, 9.17) is 0 Å². The molecule has 0 saturated carbocycles. The van der Waals surface area contributed by atoms with E-state index in [1.807, 2.05) is 6.20 Å². The van der Waals surface area contributed by atoms with Gasteiger partial charge >= 0.3 is 0 Å². The quantitative estimate of drug-likeness (QED) is 0.885. The van der Waals surface area contributed by atoms with Gasteiger partial charge in [-0.05, 0) is 34.5 Å². The summed E-state index contributed by atoms with van der Waals surface area (Å²) in [7, 11) is 0. The molecule has 3 nitrogen and oxygen atoms in total. The molecule has 2 aromatic rings. The summed E-state index contributed by atoms with van der Waals surface area (Å²) in [5, 5.41) is 9.86. The van der Waals surface area contributed by atoms with Crippen LogP contribution in [0.1, 0.15) is 23.9 Å². The Kier molecular flexibility index (Phi) is 4.76. The average Bonchev–Trinajstić information content (AvgIpc) is 2.90. The highest BCUT2D eigenvalue weighted by molar-refractivity contribution is 9.10. The highest BCUT2D eigenvalue weighted by atomic mass is 79.9. The van der Waals surface area contributed by atoms with E-state index in [2.05, 4.69) is 55.5 Å². The Morgan fingerprint density at radius 2 is 2.35 bits per heavy atom. The lowest BCUT2D eigenvalue weighted by Gasteiger charge is -2.06. The van der Waals surface area contributed by atoms with Gasteiger partial charge in [-0.15, -0.1) is 11.3 Å². The van der Waals surface area contributed by atoms with Crippen LogP contribution >= 0.6 is 27.3 Å². The van der Waals surface area contributed by atoms with Gasteiger partial charge in [0.1, 0.15) is 0 Å². The zero-order valence-corrected chi connectivity index (χ0v) is 12.2. The van der Waals surface area contributed by atoms with E-state index in [-0.39, 0.29) is 0 Å². The lowest BCUT2D eigenvalue weighted by molar-refractivity contribution is 0.550. The maximum Gasteiger partial charge on any atom is 0.0522 e. The molecule has 0 spiro atoms. The number of thiophene rings is 1. The van der Waals surface area contributed by atoms with E-state index in [9.17, 15) is 0 Å². The van der Waals surface area contributed by atoms with Crippen molar-refractivity contribution in [3.8, 4) is 0 Å². The number of aryl methyl sites for hydroxylation is 1. The van der Waals surface area contributed by atoms with Crippen LogP contribution in [-0.4, -0.2) is 9.78 Å². The van der Waals surface area contributed by atoms with E-state index in [1.165, 1.54) is 10.6 Å². The summed E-state index contributed by atoms with van der Waals surface area (Å²) in [5.74, 6) is 0. The van der Waals surface area contributed by atoms with Crippen LogP contribution in [0.2, 0.25) is 0 Å². The second-order valence-corrected chi connectivity index (χ2v) is 5.79. The molecular weight excluding hydrogens is 298 g/mol. The summed E-state index contributed by atoms with van der Waals surface area (Å²) in [6.45, 7) is 4.94. The third kappa shape index (κ3) is 3.66. The van der Waals surface area contributed by atoms with Gasteiger partial charge in [0, 0.05) is 40.6 Å². The molecular formula is C12H16BrN3S. The normalized spacial score (nSPS) is 10.9. The summed E-state index contributed by atoms with van der Waals surface area (Å²) in [5.41, 5.74) is 1.25. The minimum Gasteiger partial charge on any atom is -0.306 e. The summed E-state index contributed by atoms with van der Waals surface area (Å²) in [6.07, 6.45) is 2.99. The maximum absolute atomic E-state index is 4.31. The van der Waals surface area contributed by atoms with Crippen molar-refractivity contribution in [1.29, 1.82) is 0 Å². The predicted octanol–water partition coefficient (Wildman–Crippen LogP) is 3.41. The zero-order chi connectivity index (χ0) is 12.1. The molecule has 0 amide bonds. The fourth-order valence-corrected chi connectivity index (χ4v) is 3.10. The summed E-state index contributed by atoms with van der Waals surface area (Å²) >= 11 is 5.23. The molecule has 0 aliphatic rings. The Balaban J connectivity index is 1.83. The molecule has 0 radical (unpaired) electrons. The first-order chi connectivity index (χ1) is 8.29. The summed E-state index contributed by atoms with van der Waals surface area (Å²) < 4.78 is 3.23. The summed E-state index contributed by atoms with van der Waals surface area (Å²) in [6, 6.07) is 4.23. The monoisotopic (exact) mass is 313 g/mol. The number of nitrogens with zero attached hydrogens (tertiary/aromatic N) is 2. The van der Waals surface area contributed by atoms with Gasteiger partial charge in [0.25, 0.3) is 0 Å². The topological polar surface area (TPSA) is 29.9 Å². The van der Waals surface area contributed by atoms with Crippen molar-refractivity contribution in [3.05, 3.63) is 38.8 Å².